The van der Waals surface area contributed by atoms with Crippen molar-refractivity contribution in [3.05, 3.63) is 0 Å². The van der Waals surface area contributed by atoms with Crippen LogP contribution in [0.15, 0.2) is 0 Å². The molecular formula is C11H22F3N3O. The van der Waals surface area contributed by atoms with E-state index in [-0.39, 0.29) is 19.6 Å². The van der Waals surface area contributed by atoms with Crippen molar-refractivity contribution < 1.29 is 18.3 Å². The number of hydrogen-bond acceptors (Lipinski definition) is 4. The smallest absolute Gasteiger partial charge is 0.395 e. The summed E-state index contributed by atoms with van der Waals surface area (Å²) < 4.78 is 38.8. The fourth-order valence-corrected chi connectivity index (χ4v) is 2.38. The second-order valence-corrected chi connectivity index (χ2v) is 4.59. The Kier molecular flexibility index (Phi) is 6.34. The SMILES string of the molecule is NCCC(N1CCCN(CCO)CC1)C(F)(F)F. The first-order valence-electron chi connectivity index (χ1n) is 6.33. The van der Waals surface area contributed by atoms with E-state index in [1.807, 2.05) is 4.90 Å². The van der Waals surface area contributed by atoms with E-state index in [0.29, 0.717) is 32.6 Å². The normalized spacial score (nSPS) is 21.8. The number of nitrogens with zero attached hydrogens (tertiary/aromatic N) is 2. The first-order valence-corrected chi connectivity index (χ1v) is 6.33. The van der Waals surface area contributed by atoms with Gasteiger partial charge < -0.3 is 10.8 Å². The molecule has 0 bridgehead atoms. The first kappa shape index (κ1) is 15.7. The van der Waals surface area contributed by atoms with Crippen LogP contribution in [0.3, 0.4) is 0 Å². The molecule has 108 valence electrons. The van der Waals surface area contributed by atoms with E-state index in [1.54, 1.807) is 0 Å². The number of aliphatic hydroxyl groups excluding tert-OH is 1. The van der Waals surface area contributed by atoms with Crippen molar-refractivity contribution in [1.82, 2.24) is 9.80 Å². The Hall–Kier alpha value is -0.370. The second kappa shape index (κ2) is 7.28. The Morgan fingerprint density at radius 2 is 1.89 bits per heavy atom. The number of rotatable bonds is 5. The van der Waals surface area contributed by atoms with E-state index >= 15 is 0 Å². The number of nitrogens with two attached hydrogens (primary N) is 1. The summed E-state index contributed by atoms with van der Waals surface area (Å²) in [5.74, 6) is 0. The summed E-state index contributed by atoms with van der Waals surface area (Å²) in [5.41, 5.74) is 5.28. The average Bonchev–Trinajstić information content (AvgIpc) is 2.50. The number of alkyl halides is 3. The predicted octanol–water partition coefficient (Wildman–Crippen LogP) is 0.266. The van der Waals surface area contributed by atoms with Crippen LogP contribution in [0, 0.1) is 0 Å². The highest BCUT2D eigenvalue weighted by Crippen LogP contribution is 2.27. The van der Waals surface area contributed by atoms with Gasteiger partial charge in [0, 0.05) is 26.2 Å². The zero-order valence-electron chi connectivity index (χ0n) is 10.5. The Morgan fingerprint density at radius 3 is 2.44 bits per heavy atom. The van der Waals surface area contributed by atoms with Crippen molar-refractivity contribution in [1.29, 1.82) is 0 Å². The lowest BCUT2D eigenvalue weighted by atomic mass is 10.1. The highest BCUT2D eigenvalue weighted by atomic mass is 19.4. The van der Waals surface area contributed by atoms with Crippen LogP contribution in [0.2, 0.25) is 0 Å². The molecule has 1 unspecified atom stereocenters. The fourth-order valence-electron chi connectivity index (χ4n) is 2.38. The Labute approximate surface area is 106 Å². The van der Waals surface area contributed by atoms with Crippen LogP contribution in [0.5, 0.6) is 0 Å². The molecule has 0 aliphatic carbocycles. The molecule has 0 spiro atoms. The van der Waals surface area contributed by atoms with Gasteiger partial charge in [0.15, 0.2) is 0 Å². The van der Waals surface area contributed by atoms with Gasteiger partial charge in [-0.3, -0.25) is 9.80 Å². The number of hydrogen-bond donors (Lipinski definition) is 2. The van der Waals surface area contributed by atoms with Crippen molar-refractivity contribution in [2.75, 3.05) is 45.9 Å². The standard InChI is InChI=1S/C11H22F3N3O/c12-11(13,14)10(2-3-15)17-5-1-4-16(6-7-17)8-9-18/h10,18H,1-9,15H2. The lowest BCUT2D eigenvalue weighted by Crippen LogP contribution is -2.48. The van der Waals surface area contributed by atoms with Gasteiger partial charge in [0.05, 0.1) is 6.61 Å². The quantitative estimate of drug-likeness (QED) is 0.752. The Bertz CT molecular complexity index is 238. The maximum absolute atomic E-state index is 12.9. The number of aliphatic hydroxyl groups is 1. The number of halogens is 3. The minimum absolute atomic E-state index is 0.0427. The minimum atomic E-state index is -4.22. The molecular weight excluding hydrogens is 247 g/mol. The molecule has 0 radical (unpaired) electrons. The predicted molar refractivity (Wildman–Crippen MR) is 63.2 cm³/mol. The third kappa shape index (κ3) is 4.72. The van der Waals surface area contributed by atoms with Crippen LogP contribution < -0.4 is 5.73 Å². The van der Waals surface area contributed by atoms with Crippen molar-refractivity contribution in [3.8, 4) is 0 Å². The lowest BCUT2D eigenvalue weighted by Gasteiger charge is -2.32. The summed E-state index contributed by atoms with van der Waals surface area (Å²) in [6.45, 7) is 2.74. The third-order valence-electron chi connectivity index (χ3n) is 3.30. The summed E-state index contributed by atoms with van der Waals surface area (Å²) in [4.78, 5) is 3.47. The van der Waals surface area contributed by atoms with Gasteiger partial charge in [-0.25, -0.2) is 0 Å². The number of β-amino-alcohol motifs (C(OH)–C–C–N with tert-alkyl or cyclic N) is 1. The largest absolute Gasteiger partial charge is 0.404 e. The van der Waals surface area contributed by atoms with Crippen molar-refractivity contribution in [3.63, 3.8) is 0 Å². The van der Waals surface area contributed by atoms with Gasteiger partial charge in [-0.05, 0) is 25.9 Å². The van der Waals surface area contributed by atoms with E-state index < -0.39 is 12.2 Å². The van der Waals surface area contributed by atoms with Crippen LogP contribution in [0.1, 0.15) is 12.8 Å². The fraction of sp³-hybridized carbons (Fsp3) is 1.00. The van der Waals surface area contributed by atoms with Crippen LogP contribution in [0.4, 0.5) is 13.2 Å². The molecule has 1 aliphatic rings. The zero-order valence-corrected chi connectivity index (χ0v) is 10.5. The average molecular weight is 269 g/mol. The lowest BCUT2D eigenvalue weighted by molar-refractivity contribution is -0.184. The van der Waals surface area contributed by atoms with Gasteiger partial charge in [0.1, 0.15) is 6.04 Å². The van der Waals surface area contributed by atoms with E-state index in [2.05, 4.69) is 0 Å². The molecule has 4 nitrogen and oxygen atoms in total. The summed E-state index contributed by atoms with van der Waals surface area (Å²) in [5, 5.41) is 8.85. The van der Waals surface area contributed by atoms with Crippen molar-refractivity contribution in [2.24, 2.45) is 5.73 Å². The monoisotopic (exact) mass is 269 g/mol. The third-order valence-corrected chi connectivity index (χ3v) is 3.30. The van der Waals surface area contributed by atoms with E-state index in [4.69, 9.17) is 10.8 Å². The van der Waals surface area contributed by atoms with Gasteiger partial charge >= 0.3 is 6.18 Å². The van der Waals surface area contributed by atoms with Gasteiger partial charge in [0.25, 0.3) is 0 Å². The molecule has 1 aliphatic heterocycles. The molecule has 0 amide bonds. The van der Waals surface area contributed by atoms with Crippen LogP contribution in [-0.4, -0.2) is 73.0 Å². The summed E-state index contributed by atoms with van der Waals surface area (Å²) >= 11 is 0. The molecule has 1 rings (SSSR count). The highest BCUT2D eigenvalue weighted by molar-refractivity contribution is 4.82. The summed E-state index contributed by atoms with van der Waals surface area (Å²) in [6.07, 6.45) is -3.58. The second-order valence-electron chi connectivity index (χ2n) is 4.59. The molecule has 1 saturated heterocycles. The molecule has 1 atom stereocenters. The van der Waals surface area contributed by atoms with Gasteiger partial charge in [-0.1, -0.05) is 0 Å². The molecule has 3 N–H and O–H groups in total. The van der Waals surface area contributed by atoms with Crippen LogP contribution in [-0.2, 0) is 0 Å². The van der Waals surface area contributed by atoms with E-state index in [0.717, 1.165) is 6.54 Å². The zero-order chi connectivity index (χ0) is 13.6. The molecule has 1 heterocycles. The molecule has 0 aromatic heterocycles. The minimum Gasteiger partial charge on any atom is -0.395 e. The maximum atomic E-state index is 12.9. The molecule has 0 aromatic rings. The van der Waals surface area contributed by atoms with Gasteiger partial charge in [-0.2, -0.15) is 13.2 Å². The van der Waals surface area contributed by atoms with Gasteiger partial charge in [-0.15, -0.1) is 0 Å². The first-order chi connectivity index (χ1) is 8.49. The molecule has 0 aromatic carbocycles. The molecule has 1 fully saturated rings. The molecule has 18 heavy (non-hydrogen) atoms. The Morgan fingerprint density at radius 1 is 1.17 bits per heavy atom. The van der Waals surface area contributed by atoms with E-state index in [9.17, 15) is 13.2 Å². The summed E-state index contributed by atoms with van der Waals surface area (Å²) in [7, 11) is 0. The van der Waals surface area contributed by atoms with E-state index in [1.165, 1.54) is 4.90 Å². The molecule has 0 saturated carbocycles. The Balaban J connectivity index is 2.58. The van der Waals surface area contributed by atoms with Crippen molar-refractivity contribution >= 4 is 0 Å². The topological polar surface area (TPSA) is 52.7 Å². The maximum Gasteiger partial charge on any atom is 0.404 e. The van der Waals surface area contributed by atoms with Crippen LogP contribution >= 0.6 is 0 Å². The molecule has 7 heteroatoms. The highest BCUT2D eigenvalue weighted by Gasteiger charge is 2.42. The summed E-state index contributed by atoms with van der Waals surface area (Å²) in [6, 6.07) is -1.43. The van der Waals surface area contributed by atoms with Crippen LogP contribution in [0.25, 0.3) is 0 Å². The van der Waals surface area contributed by atoms with Gasteiger partial charge in [0.2, 0.25) is 0 Å². The van der Waals surface area contributed by atoms with Crippen molar-refractivity contribution in [2.45, 2.75) is 25.1 Å².